The van der Waals surface area contributed by atoms with Crippen molar-refractivity contribution in [1.29, 1.82) is 0 Å². The van der Waals surface area contributed by atoms with Crippen LogP contribution in [0.15, 0.2) is 48.7 Å². The summed E-state index contributed by atoms with van der Waals surface area (Å²) in [5.74, 6) is 1.36. The summed E-state index contributed by atoms with van der Waals surface area (Å²) in [6, 6.07) is 12.4. The number of nitrogens with one attached hydrogen (secondary N) is 1. The SMILES string of the molecule is Oc1cccc2ccc(Nc3cc(Cl)ccn3)nc12. The van der Waals surface area contributed by atoms with Gasteiger partial charge in [0.1, 0.15) is 22.9 Å². The zero-order valence-corrected chi connectivity index (χ0v) is 10.6. The average Bonchev–Trinajstić information content (AvgIpc) is 2.40. The Morgan fingerprint density at radius 2 is 1.95 bits per heavy atom. The second kappa shape index (κ2) is 4.74. The number of nitrogens with zero attached hydrogens (tertiary/aromatic N) is 2. The maximum atomic E-state index is 9.78. The summed E-state index contributed by atoms with van der Waals surface area (Å²) in [6.07, 6.45) is 1.61. The van der Waals surface area contributed by atoms with E-state index in [9.17, 15) is 5.11 Å². The van der Waals surface area contributed by atoms with Crippen molar-refractivity contribution in [1.82, 2.24) is 9.97 Å². The van der Waals surface area contributed by atoms with E-state index in [0.29, 0.717) is 22.2 Å². The van der Waals surface area contributed by atoms with Gasteiger partial charge in [-0.25, -0.2) is 9.97 Å². The van der Waals surface area contributed by atoms with Gasteiger partial charge in [0.05, 0.1) is 0 Å². The molecule has 94 valence electrons. The van der Waals surface area contributed by atoms with Crippen LogP contribution in [-0.4, -0.2) is 15.1 Å². The van der Waals surface area contributed by atoms with Gasteiger partial charge in [-0.15, -0.1) is 0 Å². The lowest BCUT2D eigenvalue weighted by atomic mass is 10.2. The van der Waals surface area contributed by atoms with Crippen LogP contribution in [0, 0.1) is 0 Å². The molecule has 3 aromatic rings. The molecule has 0 aliphatic rings. The first-order chi connectivity index (χ1) is 9.22. The number of aromatic hydroxyl groups is 1. The number of para-hydroxylation sites is 1. The van der Waals surface area contributed by atoms with E-state index in [4.69, 9.17) is 11.6 Å². The van der Waals surface area contributed by atoms with Crippen LogP contribution >= 0.6 is 11.6 Å². The van der Waals surface area contributed by atoms with E-state index in [1.54, 1.807) is 30.5 Å². The normalized spacial score (nSPS) is 10.6. The van der Waals surface area contributed by atoms with Crippen molar-refractivity contribution < 1.29 is 5.11 Å². The molecule has 2 heterocycles. The molecule has 0 fully saturated rings. The number of fused-ring (bicyclic) bond motifs is 1. The van der Waals surface area contributed by atoms with Crippen LogP contribution in [0.3, 0.4) is 0 Å². The smallest absolute Gasteiger partial charge is 0.141 e. The Bertz CT molecular complexity index is 746. The third-order valence-corrected chi connectivity index (χ3v) is 2.91. The third-order valence-electron chi connectivity index (χ3n) is 2.68. The summed E-state index contributed by atoms with van der Waals surface area (Å²) < 4.78 is 0. The van der Waals surface area contributed by atoms with Crippen LogP contribution < -0.4 is 5.32 Å². The van der Waals surface area contributed by atoms with Crippen LogP contribution in [0.4, 0.5) is 11.6 Å². The number of rotatable bonds is 2. The number of phenolic OH excluding ortho intramolecular Hbond substituents is 1. The molecule has 0 bridgehead atoms. The molecule has 0 unspecified atom stereocenters. The maximum Gasteiger partial charge on any atom is 0.141 e. The molecule has 0 spiro atoms. The van der Waals surface area contributed by atoms with Gasteiger partial charge in [-0.05, 0) is 30.3 Å². The number of aromatic nitrogens is 2. The first-order valence-electron chi connectivity index (χ1n) is 5.70. The summed E-state index contributed by atoms with van der Waals surface area (Å²) >= 11 is 5.89. The topological polar surface area (TPSA) is 58.0 Å². The second-order valence-corrected chi connectivity index (χ2v) is 4.47. The number of anilines is 2. The molecular formula is C14H10ClN3O. The third kappa shape index (κ3) is 2.44. The zero-order valence-electron chi connectivity index (χ0n) is 9.84. The number of phenols is 1. The molecule has 0 radical (unpaired) electrons. The summed E-state index contributed by atoms with van der Waals surface area (Å²) in [5, 5.41) is 14.3. The number of pyridine rings is 2. The van der Waals surface area contributed by atoms with E-state index < -0.39 is 0 Å². The highest BCUT2D eigenvalue weighted by Crippen LogP contribution is 2.25. The molecule has 0 aliphatic heterocycles. The molecule has 19 heavy (non-hydrogen) atoms. The Kier molecular flexibility index (Phi) is 2.93. The highest BCUT2D eigenvalue weighted by molar-refractivity contribution is 6.30. The first-order valence-corrected chi connectivity index (χ1v) is 6.07. The molecular weight excluding hydrogens is 262 g/mol. The summed E-state index contributed by atoms with van der Waals surface area (Å²) in [5.41, 5.74) is 0.550. The molecule has 0 saturated heterocycles. The predicted octanol–water partition coefficient (Wildman–Crippen LogP) is 3.73. The summed E-state index contributed by atoms with van der Waals surface area (Å²) in [7, 11) is 0. The van der Waals surface area contributed by atoms with Crippen molar-refractivity contribution in [2.45, 2.75) is 0 Å². The summed E-state index contributed by atoms with van der Waals surface area (Å²) in [4.78, 5) is 8.49. The lowest BCUT2D eigenvalue weighted by molar-refractivity contribution is 0.480. The van der Waals surface area contributed by atoms with Gasteiger partial charge in [0.25, 0.3) is 0 Å². The molecule has 4 nitrogen and oxygen atoms in total. The fraction of sp³-hybridized carbons (Fsp3) is 0. The van der Waals surface area contributed by atoms with E-state index in [1.165, 1.54) is 0 Å². The molecule has 0 atom stereocenters. The standard InChI is InChI=1S/C14H10ClN3O/c15-10-6-7-16-13(8-10)17-12-5-4-9-2-1-3-11(19)14(9)18-12/h1-8,19H,(H,16,17,18). The van der Waals surface area contributed by atoms with E-state index in [2.05, 4.69) is 15.3 Å². The Morgan fingerprint density at radius 1 is 1.05 bits per heavy atom. The number of hydrogen-bond acceptors (Lipinski definition) is 4. The van der Waals surface area contributed by atoms with Crippen molar-refractivity contribution >= 4 is 34.1 Å². The minimum atomic E-state index is 0.153. The fourth-order valence-corrected chi connectivity index (χ4v) is 1.97. The minimum absolute atomic E-state index is 0.153. The van der Waals surface area contributed by atoms with E-state index in [0.717, 1.165) is 5.39 Å². The highest BCUT2D eigenvalue weighted by Gasteiger charge is 2.03. The predicted molar refractivity (Wildman–Crippen MR) is 75.9 cm³/mol. The minimum Gasteiger partial charge on any atom is -0.506 e. The van der Waals surface area contributed by atoms with Crippen LogP contribution in [0.25, 0.3) is 10.9 Å². The van der Waals surface area contributed by atoms with Gasteiger partial charge < -0.3 is 10.4 Å². The fourth-order valence-electron chi connectivity index (χ4n) is 1.81. The van der Waals surface area contributed by atoms with Crippen molar-refractivity contribution in [3.8, 4) is 5.75 Å². The largest absolute Gasteiger partial charge is 0.506 e. The second-order valence-electron chi connectivity index (χ2n) is 4.03. The molecule has 5 heteroatoms. The van der Waals surface area contributed by atoms with Gasteiger partial charge in [-0.2, -0.15) is 0 Å². The average molecular weight is 272 g/mol. The Balaban J connectivity index is 2.00. The molecule has 0 aliphatic carbocycles. The van der Waals surface area contributed by atoms with Gasteiger partial charge >= 0.3 is 0 Å². The van der Waals surface area contributed by atoms with Crippen LogP contribution in [0.2, 0.25) is 5.02 Å². The van der Waals surface area contributed by atoms with Crippen LogP contribution in [-0.2, 0) is 0 Å². The quantitative estimate of drug-likeness (QED) is 0.746. The van der Waals surface area contributed by atoms with Gasteiger partial charge in [-0.3, -0.25) is 0 Å². The lowest BCUT2D eigenvalue weighted by Crippen LogP contribution is -1.95. The Labute approximate surface area is 114 Å². The van der Waals surface area contributed by atoms with Crippen LogP contribution in [0.1, 0.15) is 0 Å². The van der Waals surface area contributed by atoms with Gasteiger partial charge in [0.15, 0.2) is 0 Å². The van der Waals surface area contributed by atoms with Crippen molar-refractivity contribution in [3.05, 3.63) is 53.7 Å². The highest BCUT2D eigenvalue weighted by atomic mass is 35.5. The van der Waals surface area contributed by atoms with Gasteiger partial charge in [-0.1, -0.05) is 23.7 Å². The lowest BCUT2D eigenvalue weighted by Gasteiger charge is -2.06. The Hall–Kier alpha value is -2.33. The molecule has 1 aromatic carbocycles. The van der Waals surface area contributed by atoms with Gasteiger partial charge in [0, 0.05) is 16.6 Å². The monoisotopic (exact) mass is 271 g/mol. The van der Waals surface area contributed by atoms with E-state index >= 15 is 0 Å². The number of benzene rings is 1. The van der Waals surface area contributed by atoms with Crippen molar-refractivity contribution in [3.63, 3.8) is 0 Å². The molecule has 3 rings (SSSR count). The van der Waals surface area contributed by atoms with Crippen LogP contribution in [0.5, 0.6) is 5.75 Å². The molecule has 2 aromatic heterocycles. The molecule has 0 amide bonds. The van der Waals surface area contributed by atoms with Gasteiger partial charge in [0.2, 0.25) is 0 Å². The summed E-state index contributed by atoms with van der Waals surface area (Å²) in [6.45, 7) is 0. The van der Waals surface area contributed by atoms with Crippen molar-refractivity contribution in [2.75, 3.05) is 5.32 Å². The zero-order chi connectivity index (χ0) is 13.2. The first kappa shape index (κ1) is 11.7. The maximum absolute atomic E-state index is 9.78. The van der Waals surface area contributed by atoms with E-state index in [1.807, 2.05) is 18.2 Å². The molecule has 0 saturated carbocycles. The van der Waals surface area contributed by atoms with Crippen molar-refractivity contribution in [2.24, 2.45) is 0 Å². The molecule has 2 N–H and O–H groups in total. The number of hydrogen-bond donors (Lipinski definition) is 2. The van der Waals surface area contributed by atoms with E-state index in [-0.39, 0.29) is 5.75 Å². The Morgan fingerprint density at radius 3 is 2.79 bits per heavy atom. The number of halogens is 1.